The fourth-order valence-electron chi connectivity index (χ4n) is 1.29. The third-order valence-corrected chi connectivity index (χ3v) is 3.35. The summed E-state index contributed by atoms with van der Waals surface area (Å²) < 4.78 is 11.2. The van der Waals surface area contributed by atoms with Gasteiger partial charge in [-0.05, 0) is 29.8 Å². The van der Waals surface area contributed by atoms with E-state index in [1.807, 2.05) is 0 Å². The molecule has 0 aliphatic heterocycles. The summed E-state index contributed by atoms with van der Waals surface area (Å²) in [7, 11) is 0. The quantitative estimate of drug-likeness (QED) is 0.279. The largest absolute Gasteiger partial charge is 0.615 e. The molecule has 0 aromatic carbocycles. The van der Waals surface area contributed by atoms with E-state index in [-0.39, 0.29) is 5.37 Å². The second-order valence-electron chi connectivity index (χ2n) is 3.38. The van der Waals surface area contributed by atoms with Gasteiger partial charge in [-0.25, -0.2) is 0 Å². The Labute approximate surface area is 95.4 Å². The normalized spacial score (nSPS) is 14.5. The maximum Gasteiger partial charge on any atom is 0.214 e. The van der Waals surface area contributed by atoms with Crippen molar-refractivity contribution in [1.82, 2.24) is 0 Å². The SMILES string of the molecule is CCCCCCCC(N=C=S)[S+](C)[O-]. The Bertz CT molecular complexity index is 179. The zero-order valence-electron chi connectivity index (χ0n) is 8.99. The summed E-state index contributed by atoms with van der Waals surface area (Å²) in [6, 6.07) is 0. The van der Waals surface area contributed by atoms with Crippen molar-refractivity contribution >= 4 is 28.6 Å². The van der Waals surface area contributed by atoms with Gasteiger partial charge in [0, 0.05) is 6.42 Å². The number of thiocarbonyl (C=S) groups is 1. The number of hydrogen-bond donors (Lipinski definition) is 0. The minimum Gasteiger partial charge on any atom is -0.615 e. The van der Waals surface area contributed by atoms with E-state index in [1.165, 1.54) is 25.7 Å². The molecule has 0 saturated heterocycles. The van der Waals surface area contributed by atoms with Crippen molar-refractivity contribution < 1.29 is 4.55 Å². The first-order valence-corrected chi connectivity index (χ1v) is 7.14. The van der Waals surface area contributed by atoms with E-state index in [1.54, 1.807) is 6.26 Å². The lowest BCUT2D eigenvalue weighted by Gasteiger charge is -2.12. The second kappa shape index (κ2) is 9.66. The molecule has 0 aliphatic rings. The first-order valence-electron chi connectivity index (χ1n) is 5.11. The molecule has 0 N–H and O–H groups in total. The summed E-state index contributed by atoms with van der Waals surface area (Å²) in [4.78, 5) is 3.91. The van der Waals surface area contributed by atoms with Crippen LogP contribution >= 0.6 is 12.2 Å². The minimum atomic E-state index is -0.906. The lowest BCUT2D eigenvalue weighted by atomic mass is 10.1. The van der Waals surface area contributed by atoms with E-state index in [2.05, 4.69) is 29.3 Å². The fraction of sp³-hybridized carbons (Fsp3) is 0.900. The van der Waals surface area contributed by atoms with Crippen LogP contribution in [0.5, 0.6) is 0 Å². The third-order valence-electron chi connectivity index (χ3n) is 2.13. The zero-order chi connectivity index (χ0) is 10.8. The maximum absolute atomic E-state index is 11.2. The van der Waals surface area contributed by atoms with Gasteiger partial charge in [0.05, 0.1) is 11.4 Å². The average Bonchev–Trinajstić information content (AvgIpc) is 2.15. The third kappa shape index (κ3) is 7.51. The molecule has 2 atom stereocenters. The van der Waals surface area contributed by atoms with Crippen LogP contribution in [-0.4, -0.2) is 21.3 Å². The van der Waals surface area contributed by atoms with Crippen molar-refractivity contribution in [3.63, 3.8) is 0 Å². The molecule has 0 rings (SSSR count). The molecule has 0 aromatic rings. The molecule has 0 amide bonds. The molecule has 2 unspecified atom stereocenters. The standard InChI is InChI=1S/C10H19NOS2/c1-3-4-5-6-7-8-10(11-9-13)14(2)12/h10H,3-8H2,1-2H3. The zero-order valence-corrected chi connectivity index (χ0v) is 10.6. The molecule has 0 radical (unpaired) electrons. The van der Waals surface area contributed by atoms with Crippen LogP contribution in [0.25, 0.3) is 0 Å². The Kier molecular flexibility index (Phi) is 9.73. The van der Waals surface area contributed by atoms with Crippen LogP contribution in [0.3, 0.4) is 0 Å². The van der Waals surface area contributed by atoms with Crippen molar-refractivity contribution in [2.75, 3.05) is 6.26 Å². The monoisotopic (exact) mass is 233 g/mol. The van der Waals surface area contributed by atoms with Crippen molar-refractivity contribution in [3.05, 3.63) is 0 Å². The van der Waals surface area contributed by atoms with Gasteiger partial charge in [-0.1, -0.05) is 32.6 Å². The summed E-state index contributed by atoms with van der Waals surface area (Å²) >= 11 is 3.61. The Morgan fingerprint density at radius 3 is 2.50 bits per heavy atom. The number of hydrogen-bond acceptors (Lipinski definition) is 3. The van der Waals surface area contributed by atoms with Gasteiger partial charge in [-0.2, -0.15) is 4.99 Å². The summed E-state index contributed by atoms with van der Waals surface area (Å²) in [5, 5.41) is 2.19. The highest BCUT2D eigenvalue weighted by Crippen LogP contribution is 2.12. The molecule has 0 bridgehead atoms. The number of rotatable bonds is 8. The topological polar surface area (TPSA) is 35.4 Å². The minimum absolute atomic E-state index is 0.130. The van der Waals surface area contributed by atoms with Gasteiger partial charge >= 0.3 is 0 Å². The highest BCUT2D eigenvalue weighted by atomic mass is 32.2. The molecular formula is C10H19NOS2. The molecule has 0 fully saturated rings. The summed E-state index contributed by atoms with van der Waals surface area (Å²) in [5.41, 5.74) is 0. The van der Waals surface area contributed by atoms with Crippen LogP contribution < -0.4 is 0 Å². The van der Waals surface area contributed by atoms with Gasteiger partial charge < -0.3 is 4.55 Å². The van der Waals surface area contributed by atoms with Gasteiger partial charge in [0.25, 0.3) is 0 Å². The second-order valence-corrected chi connectivity index (χ2v) is 5.10. The van der Waals surface area contributed by atoms with Gasteiger partial charge in [0.15, 0.2) is 0 Å². The van der Waals surface area contributed by atoms with Crippen LogP contribution in [0.15, 0.2) is 4.99 Å². The Morgan fingerprint density at radius 2 is 2.00 bits per heavy atom. The van der Waals surface area contributed by atoms with Crippen LogP contribution in [0.1, 0.15) is 45.4 Å². The molecule has 0 saturated carbocycles. The van der Waals surface area contributed by atoms with Gasteiger partial charge in [0.1, 0.15) is 0 Å². The lowest BCUT2D eigenvalue weighted by Crippen LogP contribution is -2.17. The highest BCUT2D eigenvalue weighted by molar-refractivity contribution is 7.91. The van der Waals surface area contributed by atoms with Crippen molar-refractivity contribution in [2.45, 2.75) is 50.8 Å². The highest BCUT2D eigenvalue weighted by Gasteiger charge is 2.15. The predicted molar refractivity (Wildman–Crippen MR) is 66.3 cm³/mol. The van der Waals surface area contributed by atoms with Crippen molar-refractivity contribution in [2.24, 2.45) is 4.99 Å². The smallest absolute Gasteiger partial charge is 0.214 e. The van der Waals surface area contributed by atoms with E-state index >= 15 is 0 Å². The molecule has 0 aliphatic carbocycles. The van der Waals surface area contributed by atoms with E-state index in [9.17, 15) is 4.55 Å². The average molecular weight is 233 g/mol. The van der Waals surface area contributed by atoms with Crippen LogP contribution in [0.4, 0.5) is 0 Å². The molecule has 2 nitrogen and oxygen atoms in total. The predicted octanol–water partition coefficient (Wildman–Crippen LogP) is 3.15. The van der Waals surface area contributed by atoms with Crippen LogP contribution in [-0.2, 0) is 11.2 Å². The van der Waals surface area contributed by atoms with Gasteiger partial charge in [-0.15, -0.1) is 0 Å². The summed E-state index contributed by atoms with van der Waals surface area (Å²) in [6.07, 6.45) is 8.64. The van der Waals surface area contributed by atoms with E-state index < -0.39 is 11.2 Å². The molecule has 14 heavy (non-hydrogen) atoms. The molecule has 0 aromatic heterocycles. The van der Waals surface area contributed by atoms with Gasteiger partial charge in [0.2, 0.25) is 5.37 Å². The maximum atomic E-state index is 11.2. The van der Waals surface area contributed by atoms with E-state index in [0.29, 0.717) is 0 Å². The number of nitrogens with zero attached hydrogens (tertiary/aromatic N) is 1. The lowest BCUT2D eigenvalue weighted by molar-refractivity contribution is 0.558. The Balaban J connectivity index is 3.56. The summed E-state index contributed by atoms with van der Waals surface area (Å²) in [5.74, 6) is 0. The van der Waals surface area contributed by atoms with Crippen molar-refractivity contribution in [3.8, 4) is 0 Å². The number of isothiocyanates is 1. The van der Waals surface area contributed by atoms with Crippen LogP contribution in [0.2, 0.25) is 0 Å². The summed E-state index contributed by atoms with van der Waals surface area (Å²) in [6.45, 7) is 2.19. The van der Waals surface area contributed by atoms with Crippen molar-refractivity contribution in [1.29, 1.82) is 0 Å². The first-order chi connectivity index (χ1) is 6.72. The molecular weight excluding hydrogens is 214 g/mol. The molecule has 0 heterocycles. The van der Waals surface area contributed by atoms with Crippen LogP contribution in [0, 0.1) is 0 Å². The Morgan fingerprint density at radius 1 is 1.36 bits per heavy atom. The first kappa shape index (κ1) is 14.1. The van der Waals surface area contributed by atoms with Gasteiger partial charge in [-0.3, -0.25) is 0 Å². The number of aliphatic imine (C=N–C) groups is 1. The Hall–Kier alpha value is 0.110. The number of unbranched alkanes of at least 4 members (excludes halogenated alkanes) is 4. The molecule has 0 spiro atoms. The fourth-order valence-corrected chi connectivity index (χ4v) is 2.18. The molecule has 4 heteroatoms. The molecule has 82 valence electrons. The van der Waals surface area contributed by atoms with E-state index in [0.717, 1.165) is 12.8 Å². The van der Waals surface area contributed by atoms with E-state index in [4.69, 9.17) is 0 Å².